The van der Waals surface area contributed by atoms with Crippen LogP contribution in [0.15, 0.2) is 24.5 Å². The van der Waals surface area contributed by atoms with Crippen molar-refractivity contribution in [2.24, 2.45) is 5.92 Å². The molecule has 1 aromatic heterocycles. The maximum absolute atomic E-state index is 8.84. The van der Waals surface area contributed by atoms with E-state index in [0.29, 0.717) is 12.5 Å². The number of hydrogen-bond donors (Lipinski definition) is 2. The zero-order valence-corrected chi connectivity index (χ0v) is 9.32. The van der Waals surface area contributed by atoms with E-state index in [1.807, 2.05) is 24.5 Å². The van der Waals surface area contributed by atoms with Crippen molar-refractivity contribution in [1.29, 1.82) is 0 Å². The second-order valence-corrected chi connectivity index (χ2v) is 3.96. The molecule has 0 aliphatic rings. The minimum atomic E-state index is 0.296. The molecule has 1 aromatic rings. The molecule has 3 nitrogen and oxygen atoms in total. The lowest BCUT2D eigenvalue weighted by Gasteiger charge is -2.08. The molecule has 15 heavy (non-hydrogen) atoms. The molecule has 0 aliphatic carbocycles. The number of hydrogen-bond acceptors (Lipinski definition) is 3. The number of pyridine rings is 1. The number of rotatable bonds is 7. The monoisotopic (exact) mass is 208 g/mol. The van der Waals surface area contributed by atoms with Gasteiger partial charge in [0.15, 0.2) is 0 Å². The molecule has 0 radical (unpaired) electrons. The molecular formula is C12H20N2O. The van der Waals surface area contributed by atoms with Crippen LogP contribution in [0.5, 0.6) is 0 Å². The summed E-state index contributed by atoms with van der Waals surface area (Å²) in [4.78, 5) is 3.97. The molecule has 3 heteroatoms. The van der Waals surface area contributed by atoms with Crippen molar-refractivity contribution in [3.05, 3.63) is 30.1 Å². The van der Waals surface area contributed by atoms with Gasteiger partial charge in [-0.2, -0.15) is 0 Å². The Kier molecular flexibility index (Phi) is 5.97. The Labute approximate surface area is 91.5 Å². The minimum Gasteiger partial charge on any atom is -0.396 e. The van der Waals surface area contributed by atoms with E-state index in [4.69, 9.17) is 5.11 Å². The first kappa shape index (κ1) is 12.1. The summed E-state index contributed by atoms with van der Waals surface area (Å²) in [6, 6.07) is 4.03. The fraction of sp³-hybridized carbons (Fsp3) is 0.583. The second kappa shape index (κ2) is 7.37. The average Bonchev–Trinajstić information content (AvgIpc) is 2.29. The molecule has 2 N–H and O–H groups in total. The van der Waals surface area contributed by atoms with Gasteiger partial charge in [0.05, 0.1) is 0 Å². The highest BCUT2D eigenvalue weighted by molar-refractivity contribution is 5.08. The Balaban J connectivity index is 2.03. The van der Waals surface area contributed by atoms with E-state index in [1.54, 1.807) is 0 Å². The van der Waals surface area contributed by atoms with Crippen molar-refractivity contribution in [1.82, 2.24) is 10.3 Å². The molecule has 0 fully saturated rings. The van der Waals surface area contributed by atoms with Gasteiger partial charge in [0.2, 0.25) is 0 Å². The summed E-state index contributed by atoms with van der Waals surface area (Å²) >= 11 is 0. The first-order valence-corrected chi connectivity index (χ1v) is 5.53. The van der Waals surface area contributed by atoms with Crippen LogP contribution in [0.4, 0.5) is 0 Å². The maximum atomic E-state index is 8.84. The van der Waals surface area contributed by atoms with E-state index < -0.39 is 0 Å². The molecule has 0 aromatic carbocycles. The molecule has 0 spiro atoms. The predicted octanol–water partition coefficient (Wildman–Crippen LogP) is 1.58. The standard InChI is InChI=1S/C12H20N2O/c1-11(10-15)3-2-6-14-9-12-4-7-13-8-5-12/h4-5,7-8,11,14-15H,2-3,6,9-10H2,1H3. The lowest BCUT2D eigenvalue weighted by Crippen LogP contribution is -2.15. The third-order valence-corrected chi connectivity index (χ3v) is 2.44. The van der Waals surface area contributed by atoms with Crippen molar-refractivity contribution >= 4 is 0 Å². The van der Waals surface area contributed by atoms with Crippen LogP contribution >= 0.6 is 0 Å². The van der Waals surface area contributed by atoms with E-state index in [9.17, 15) is 0 Å². The molecular weight excluding hydrogens is 188 g/mol. The van der Waals surface area contributed by atoms with Gasteiger partial charge in [-0.3, -0.25) is 4.98 Å². The Hall–Kier alpha value is -0.930. The highest BCUT2D eigenvalue weighted by atomic mass is 16.3. The third-order valence-electron chi connectivity index (χ3n) is 2.44. The van der Waals surface area contributed by atoms with E-state index >= 15 is 0 Å². The molecule has 0 bridgehead atoms. The highest BCUT2D eigenvalue weighted by Gasteiger charge is 1.98. The first-order chi connectivity index (χ1) is 7.33. The lowest BCUT2D eigenvalue weighted by molar-refractivity contribution is 0.228. The number of aliphatic hydroxyl groups is 1. The quantitative estimate of drug-likeness (QED) is 0.669. The van der Waals surface area contributed by atoms with Crippen LogP contribution in [0.1, 0.15) is 25.3 Å². The lowest BCUT2D eigenvalue weighted by atomic mass is 10.1. The summed E-state index contributed by atoms with van der Waals surface area (Å²) in [7, 11) is 0. The number of nitrogens with zero attached hydrogens (tertiary/aromatic N) is 1. The van der Waals surface area contributed by atoms with Gasteiger partial charge in [-0.15, -0.1) is 0 Å². The third kappa shape index (κ3) is 5.50. The molecule has 1 rings (SSSR count). The van der Waals surface area contributed by atoms with Crippen LogP contribution in [-0.4, -0.2) is 23.2 Å². The Bertz CT molecular complexity index is 251. The van der Waals surface area contributed by atoms with Crippen molar-refractivity contribution in [2.75, 3.05) is 13.2 Å². The zero-order chi connectivity index (χ0) is 10.9. The smallest absolute Gasteiger partial charge is 0.0456 e. The van der Waals surface area contributed by atoms with Gasteiger partial charge in [-0.25, -0.2) is 0 Å². The van der Waals surface area contributed by atoms with Crippen LogP contribution in [0.3, 0.4) is 0 Å². The van der Waals surface area contributed by atoms with E-state index in [0.717, 1.165) is 25.9 Å². The molecule has 0 saturated carbocycles. The molecule has 0 saturated heterocycles. The fourth-order valence-electron chi connectivity index (χ4n) is 1.40. The van der Waals surface area contributed by atoms with Crippen molar-refractivity contribution < 1.29 is 5.11 Å². The molecule has 1 unspecified atom stereocenters. The van der Waals surface area contributed by atoms with Crippen molar-refractivity contribution in [3.8, 4) is 0 Å². The Morgan fingerprint density at radius 2 is 2.13 bits per heavy atom. The van der Waals surface area contributed by atoms with Gasteiger partial charge < -0.3 is 10.4 Å². The van der Waals surface area contributed by atoms with E-state index in [2.05, 4.69) is 17.2 Å². The Morgan fingerprint density at radius 3 is 2.80 bits per heavy atom. The molecule has 1 heterocycles. The van der Waals surface area contributed by atoms with Gasteiger partial charge in [0, 0.05) is 25.5 Å². The number of nitrogens with one attached hydrogen (secondary N) is 1. The summed E-state index contributed by atoms with van der Waals surface area (Å²) < 4.78 is 0. The van der Waals surface area contributed by atoms with E-state index in [1.165, 1.54) is 5.56 Å². The summed E-state index contributed by atoms with van der Waals surface area (Å²) in [6.07, 6.45) is 5.82. The van der Waals surface area contributed by atoms with Gasteiger partial charge in [-0.1, -0.05) is 6.92 Å². The maximum Gasteiger partial charge on any atom is 0.0456 e. The van der Waals surface area contributed by atoms with Gasteiger partial charge in [0.1, 0.15) is 0 Å². The van der Waals surface area contributed by atoms with Gasteiger partial charge in [-0.05, 0) is 43.0 Å². The second-order valence-electron chi connectivity index (χ2n) is 3.96. The van der Waals surface area contributed by atoms with Crippen LogP contribution < -0.4 is 5.32 Å². The van der Waals surface area contributed by atoms with Gasteiger partial charge >= 0.3 is 0 Å². The zero-order valence-electron chi connectivity index (χ0n) is 9.32. The number of aromatic nitrogens is 1. The van der Waals surface area contributed by atoms with Crippen LogP contribution in [0, 0.1) is 5.92 Å². The fourth-order valence-corrected chi connectivity index (χ4v) is 1.40. The van der Waals surface area contributed by atoms with Crippen LogP contribution in [0.25, 0.3) is 0 Å². The summed E-state index contributed by atoms with van der Waals surface area (Å²) in [5.74, 6) is 0.424. The van der Waals surface area contributed by atoms with Crippen LogP contribution in [-0.2, 0) is 6.54 Å². The highest BCUT2D eigenvalue weighted by Crippen LogP contribution is 2.03. The largest absolute Gasteiger partial charge is 0.396 e. The van der Waals surface area contributed by atoms with Gasteiger partial charge in [0.25, 0.3) is 0 Å². The van der Waals surface area contributed by atoms with Crippen LogP contribution in [0.2, 0.25) is 0 Å². The Morgan fingerprint density at radius 1 is 1.40 bits per heavy atom. The normalized spacial score (nSPS) is 12.7. The summed E-state index contributed by atoms with van der Waals surface area (Å²) in [5.41, 5.74) is 1.26. The molecule has 0 amide bonds. The minimum absolute atomic E-state index is 0.296. The van der Waals surface area contributed by atoms with E-state index in [-0.39, 0.29) is 0 Å². The predicted molar refractivity (Wildman–Crippen MR) is 61.4 cm³/mol. The SMILES string of the molecule is CC(CO)CCCNCc1ccncc1. The average molecular weight is 208 g/mol. The van der Waals surface area contributed by atoms with Crippen molar-refractivity contribution in [3.63, 3.8) is 0 Å². The summed E-state index contributed by atoms with van der Waals surface area (Å²) in [5, 5.41) is 12.2. The molecule has 0 aliphatic heterocycles. The number of aliphatic hydroxyl groups excluding tert-OH is 1. The molecule has 1 atom stereocenters. The topological polar surface area (TPSA) is 45.1 Å². The first-order valence-electron chi connectivity index (χ1n) is 5.53. The molecule has 84 valence electrons. The van der Waals surface area contributed by atoms with Crippen molar-refractivity contribution in [2.45, 2.75) is 26.3 Å². The summed E-state index contributed by atoms with van der Waals surface area (Å²) in [6.45, 7) is 4.27.